The largest absolute Gasteiger partial charge is 0.366 e. The van der Waals surface area contributed by atoms with Crippen molar-refractivity contribution in [1.29, 1.82) is 0 Å². The Hall–Kier alpha value is -1.06. The molecule has 2 nitrogen and oxygen atoms in total. The average Bonchev–Trinajstić information content (AvgIpc) is 2.75. The lowest BCUT2D eigenvalue weighted by molar-refractivity contribution is 0.768. The molecular formula is C14H12BrClN2. The molecular weight excluding hydrogens is 312 g/mol. The van der Waals surface area contributed by atoms with Gasteiger partial charge in [-0.25, -0.2) is 4.98 Å². The van der Waals surface area contributed by atoms with Crippen molar-refractivity contribution in [2.45, 2.75) is 18.9 Å². The Morgan fingerprint density at radius 3 is 2.50 bits per heavy atom. The Morgan fingerprint density at radius 2 is 1.89 bits per heavy atom. The second-order valence-electron chi connectivity index (χ2n) is 4.50. The maximum Gasteiger partial charge on any atom is 0.140 e. The number of fused-ring (bicyclic) bond motifs is 1. The highest BCUT2D eigenvalue weighted by Gasteiger charge is 2.21. The van der Waals surface area contributed by atoms with Crippen LogP contribution in [0.15, 0.2) is 41.0 Å². The Bertz CT molecular complexity index is 561. The molecule has 0 radical (unpaired) electrons. The number of pyridine rings is 1. The topological polar surface area (TPSA) is 24.9 Å². The number of aromatic nitrogens is 1. The summed E-state index contributed by atoms with van der Waals surface area (Å²) in [6.45, 7) is 0. The zero-order valence-electron chi connectivity index (χ0n) is 9.66. The minimum atomic E-state index is 0.410. The van der Waals surface area contributed by atoms with Gasteiger partial charge in [0.1, 0.15) is 5.82 Å². The highest BCUT2D eigenvalue weighted by molar-refractivity contribution is 9.10. The van der Waals surface area contributed by atoms with E-state index >= 15 is 0 Å². The molecule has 1 aliphatic rings. The number of anilines is 1. The first kappa shape index (κ1) is 12.0. The van der Waals surface area contributed by atoms with Gasteiger partial charge in [-0.1, -0.05) is 35.9 Å². The third-order valence-corrected chi connectivity index (χ3v) is 4.01. The first-order valence-corrected chi connectivity index (χ1v) is 7.04. The van der Waals surface area contributed by atoms with Gasteiger partial charge < -0.3 is 5.32 Å². The average molecular weight is 324 g/mol. The van der Waals surface area contributed by atoms with E-state index in [2.05, 4.69) is 50.5 Å². The molecule has 0 spiro atoms. The summed E-state index contributed by atoms with van der Waals surface area (Å²) in [5.74, 6) is 0.859. The van der Waals surface area contributed by atoms with Crippen molar-refractivity contribution in [3.05, 3.63) is 57.2 Å². The summed E-state index contributed by atoms with van der Waals surface area (Å²) in [6, 6.07) is 10.9. The molecule has 0 aliphatic heterocycles. The van der Waals surface area contributed by atoms with Gasteiger partial charge >= 0.3 is 0 Å². The molecule has 92 valence electrons. The van der Waals surface area contributed by atoms with E-state index in [1.54, 1.807) is 6.20 Å². The molecule has 0 atom stereocenters. The van der Waals surface area contributed by atoms with Crippen LogP contribution in [0.3, 0.4) is 0 Å². The van der Waals surface area contributed by atoms with E-state index in [9.17, 15) is 0 Å². The minimum Gasteiger partial charge on any atom is -0.366 e. The molecule has 18 heavy (non-hydrogen) atoms. The van der Waals surface area contributed by atoms with Crippen LogP contribution in [0.25, 0.3) is 0 Å². The third-order valence-electron chi connectivity index (χ3n) is 3.20. The van der Waals surface area contributed by atoms with Gasteiger partial charge in [0.15, 0.2) is 0 Å². The Kier molecular flexibility index (Phi) is 3.27. The summed E-state index contributed by atoms with van der Waals surface area (Å²) < 4.78 is 0.908. The normalized spacial score (nSPS) is 14.6. The van der Waals surface area contributed by atoms with Crippen LogP contribution in [-0.4, -0.2) is 11.0 Å². The van der Waals surface area contributed by atoms with Gasteiger partial charge in [0.05, 0.1) is 9.50 Å². The number of rotatable bonds is 2. The van der Waals surface area contributed by atoms with Gasteiger partial charge in [-0.15, -0.1) is 0 Å². The first-order chi connectivity index (χ1) is 8.72. The van der Waals surface area contributed by atoms with Crippen LogP contribution < -0.4 is 5.32 Å². The fraction of sp³-hybridized carbons (Fsp3) is 0.214. The highest BCUT2D eigenvalue weighted by atomic mass is 79.9. The molecule has 1 aromatic carbocycles. The molecule has 2 aromatic rings. The summed E-state index contributed by atoms with van der Waals surface area (Å²) in [4.78, 5) is 4.31. The second kappa shape index (κ2) is 4.90. The summed E-state index contributed by atoms with van der Waals surface area (Å²) in [5, 5.41) is 4.11. The van der Waals surface area contributed by atoms with Crippen molar-refractivity contribution >= 4 is 33.3 Å². The summed E-state index contributed by atoms with van der Waals surface area (Å²) in [7, 11) is 0. The van der Waals surface area contributed by atoms with Gasteiger partial charge in [-0.05, 0) is 46.0 Å². The fourth-order valence-electron chi connectivity index (χ4n) is 2.38. The molecule has 0 bridgehead atoms. The molecule has 0 saturated carbocycles. The highest BCUT2D eigenvalue weighted by Crippen LogP contribution is 2.28. The number of halogens is 2. The molecule has 0 fully saturated rings. The first-order valence-electron chi connectivity index (χ1n) is 5.87. The predicted molar refractivity (Wildman–Crippen MR) is 78.2 cm³/mol. The lowest BCUT2D eigenvalue weighted by Crippen LogP contribution is -2.20. The predicted octanol–water partition coefficient (Wildman–Crippen LogP) is 4.08. The van der Waals surface area contributed by atoms with E-state index in [0.717, 1.165) is 23.1 Å². The molecule has 1 aromatic heterocycles. The van der Waals surface area contributed by atoms with Crippen LogP contribution in [0, 0.1) is 0 Å². The quantitative estimate of drug-likeness (QED) is 0.901. The lowest BCUT2D eigenvalue weighted by Gasteiger charge is -2.14. The molecule has 3 rings (SSSR count). The molecule has 0 amide bonds. The SMILES string of the molecule is Clc1cnc(NC2Cc3ccccc3C2)c(Br)c1. The summed E-state index contributed by atoms with van der Waals surface area (Å²) in [6.07, 6.45) is 3.76. The molecule has 1 heterocycles. The molecule has 1 N–H and O–H groups in total. The van der Waals surface area contributed by atoms with Crippen LogP contribution in [0.2, 0.25) is 5.02 Å². The number of benzene rings is 1. The zero-order chi connectivity index (χ0) is 12.5. The van der Waals surface area contributed by atoms with E-state index in [1.807, 2.05) is 6.07 Å². The van der Waals surface area contributed by atoms with Gasteiger partial charge in [0, 0.05) is 12.2 Å². The Morgan fingerprint density at radius 1 is 1.22 bits per heavy atom. The van der Waals surface area contributed by atoms with E-state index in [4.69, 9.17) is 11.6 Å². The number of nitrogens with zero attached hydrogens (tertiary/aromatic N) is 1. The Balaban J connectivity index is 1.76. The molecule has 1 aliphatic carbocycles. The fourth-order valence-corrected chi connectivity index (χ4v) is 3.13. The number of nitrogens with one attached hydrogen (secondary N) is 1. The van der Waals surface area contributed by atoms with Crippen LogP contribution >= 0.6 is 27.5 Å². The maximum absolute atomic E-state index is 5.89. The number of hydrogen-bond acceptors (Lipinski definition) is 2. The summed E-state index contributed by atoms with van der Waals surface area (Å²) >= 11 is 9.37. The van der Waals surface area contributed by atoms with E-state index in [-0.39, 0.29) is 0 Å². The van der Waals surface area contributed by atoms with Gasteiger partial charge in [0.25, 0.3) is 0 Å². The Labute approximate surface area is 120 Å². The maximum atomic E-state index is 5.89. The monoisotopic (exact) mass is 322 g/mol. The molecule has 4 heteroatoms. The van der Waals surface area contributed by atoms with Crippen molar-refractivity contribution in [3.8, 4) is 0 Å². The van der Waals surface area contributed by atoms with E-state index in [0.29, 0.717) is 11.1 Å². The molecule has 0 unspecified atom stereocenters. The van der Waals surface area contributed by atoms with Crippen molar-refractivity contribution in [3.63, 3.8) is 0 Å². The van der Waals surface area contributed by atoms with Crippen LogP contribution in [-0.2, 0) is 12.8 Å². The van der Waals surface area contributed by atoms with Crippen LogP contribution in [0.1, 0.15) is 11.1 Å². The smallest absolute Gasteiger partial charge is 0.140 e. The number of hydrogen-bond donors (Lipinski definition) is 1. The summed E-state index contributed by atoms with van der Waals surface area (Å²) in [5.41, 5.74) is 2.86. The van der Waals surface area contributed by atoms with E-state index in [1.165, 1.54) is 11.1 Å². The van der Waals surface area contributed by atoms with Crippen LogP contribution in [0.5, 0.6) is 0 Å². The molecule has 0 saturated heterocycles. The van der Waals surface area contributed by atoms with Crippen molar-refractivity contribution in [2.75, 3.05) is 5.32 Å². The van der Waals surface area contributed by atoms with Crippen LogP contribution in [0.4, 0.5) is 5.82 Å². The third kappa shape index (κ3) is 2.38. The zero-order valence-corrected chi connectivity index (χ0v) is 12.0. The second-order valence-corrected chi connectivity index (χ2v) is 5.79. The lowest BCUT2D eigenvalue weighted by atomic mass is 10.1. The minimum absolute atomic E-state index is 0.410. The van der Waals surface area contributed by atoms with Gasteiger partial charge in [-0.3, -0.25) is 0 Å². The van der Waals surface area contributed by atoms with E-state index < -0.39 is 0 Å². The van der Waals surface area contributed by atoms with Gasteiger partial charge in [0.2, 0.25) is 0 Å². The van der Waals surface area contributed by atoms with Crippen molar-refractivity contribution in [1.82, 2.24) is 4.98 Å². The van der Waals surface area contributed by atoms with Gasteiger partial charge in [-0.2, -0.15) is 0 Å². The van der Waals surface area contributed by atoms with Crippen molar-refractivity contribution in [2.24, 2.45) is 0 Å². The van der Waals surface area contributed by atoms with Crippen molar-refractivity contribution < 1.29 is 0 Å². The standard InChI is InChI=1S/C14H12BrClN2/c15-13-7-11(16)8-17-14(13)18-12-5-9-3-1-2-4-10(9)6-12/h1-4,7-8,12H,5-6H2,(H,17,18).